The fraction of sp³-hybridized carbons (Fsp3) is 0.700. The van der Waals surface area contributed by atoms with Crippen LogP contribution in [0.3, 0.4) is 0 Å². The molecular formula is C10H15NO2. The molecule has 2 aliphatic heterocycles. The first-order valence-electron chi connectivity index (χ1n) is 4.78. The SMILES string of the molecule is CC(=O)/C=C/CN1C[C@H]2C[C@@H]1CO2. The maximum atomic E-state index is 10.6. The maximum Gasteiger partial charge on any atom is 0.152 e. The number of morpholine rings is 1. The summed E-state index contributed by atoms with van der Waals surface area (Å²) < 4.78 is 5.48. The topological polar surface area (TPSA) is 29.5 Å². The van der Waals surface area contributed by atoms with Gasteiger partial charge in [0.2, 0.25) is 0 Å². The fourth-order valence-electron chi connectivity index (χ4n) is 2.06. The summed E-state index contributed by atoms with van der Waals surface area (Å²) in [6, 6.07) is 0.599. The minimum Gasteiger partial charge on any atom is -0.375 e. The molecule has 2 heterocycles. The Morgan fingerprint density at radius 3 is 3.08 bits per heavy atom. The molecule has 0 amide bonds. The predicted molar refractivity (Wildman–Crippen MR) is 49.5 cm³/mol. The largest absolute Gasteiger partial charge is 0.375 e. The summed E-state index contributed by atoms with van der Waals surface area (Å²) in [5, 5.41) is 0. The minimum absolute atomic E-state index is 0.126. The first kappa shape index (κ1) is 8.91. The maximum absolute atomic E-state index is 10.6. The first-order chi connectivity index (χ1) is 6.25. The van der Waals surface area contributed by atoms with E-state index in [1.165, 1.54) is 6.42 Å². The van der Waals surface area contributed by atoms with Gasteiger partial charge in [0.1, 0.15) is 0 Å². The van der Waals surface area contributed by atoms with Crippen molar-refractivity contribution in [2.24, 2.45) is 0 Å². The van der Waals surface area contributed by atoms with Gasteiger partial charge in [-0.05, 0) is 19.4 Å². The van der Waals surface area contributed by atoms with Gasteiger partial charge in [0.25, 0.3) is 0 Å². The molecule has 0 unspecified atom stereocenters. The number of likely N-dealkylation sites (tertiary alicyclic amines) is 1. The molecule has 2 fully saturated rings. The van der Waals surface area contributed by atoms with Crippen LogP contribution < -0.4 is 0 Å². The molecule has 3 nitrogen and oxygen atoms in total. The first-order valence-corrected chi connectivity index (χ1v) is 4.78. The summed E-state index contributed by atoms with van der Waals surface area (Å²) in [6.07, 6.45) is 5.22. The monoisotopic (exact) mass is 181 g/mol. The molecule has 2 saturated heterocycles. The summed E-state index contributed by atoms with van der Waals surface area (Å²) in [6.45, 7) is 4.38. The summed E-state index contributed by atoms with van der Waals surface area (Å²) >= 11 is 0. The zero-order chi connectivity index (χ0) is 9.26. The van der Waals surface area contributed by atoms with E-state index in [9.17, 15) is 4.79 Å². The predicted octanol–water partition coefficient (Wildman–Crippen LogP) is 0.605. The van der Waals surface area contributed by atoms with Gasteiger partial charge in [-0.3, -0.25) is 9.69 Å². The van der Waals surface area contributed by atoms with Crippen molar-refractivity contribution in [2.45, 2.75) is 25.5 Å². The molecular weight excluding hydrogens is 166 g/mol. The van der Waals surface area contributed by atoms with Gasteiger partial charge in [0.05, 0.1) is 12.7 Å². The highest BCUT2D eigenvalue weighted by Crippen LogP contribution is 2.27. The minimum atomic E-state index is 0.126. The van der Waals surface area contributed by atoms with Gasteiger partial charge >= 0.3 is 0 Å². The molecule has 72 valence electrons. The molecule has 0 aromatic rings. The quantitative estimate of drug-likeness (QED) is 0.597. The second kappa shape index (κ2) is 3.60. The van der Waals surface area contributed by atoms with Gasteiger partial charge in [-0.25, -0.2) is 0 Å². The number of ether oxygens (including phenoxy) is 1. The highest BCUT2D eigenvalue weighted by Gasteiger charge is 2.37. The van der Waals surface area contributed by atoms with E-state index in [2.05, 4.69) is 4.90 Å². The number of rotatable bonds is 3. The van der Waals surface area contributed by atoms with E-state index >= 15 is 0 Å². The van der Waals surface area contributed by atoms with Crippen LogP contribution in [0, 0.1) is 0 Å². The lowest BCUT2D eigenvalue weighted by Crippen LogP contribution is -2.36. The van der Waals surface area contributed by atoms with Crippen molar-refractivity contribution in [1.82, 2.24) is 4.90 Å². The lowest BCUT2D eigenvalue weighted by atomic mass is 10.2. The third-order valence-electron chi connectivity index (χ3n) is 2.71. The Labute approximate surface area is 78.4 Å². The number of carbonyl (C=O) groups is 1. The summed E-state index contributed by atoms with van der Waals surface area (Å²) in [4.78, 5) is 13.0. The molecule has 2 atom stereocenters. The Morgan fingerprint density at radius 2 is 2.54 bits per heavy atom. The molecule has 2 rings (SSSR count). The van der Waals surface area contributed by atoms with Gasteiger partial charge in [0, 0.05) is 19.1 Å². The van der Waals surface area contributed by atoms with E-state index in [0.29, 0.717) is 12.1 Å². The van der Waals surface area contributed by atoms with Crippen molar-refractivity contribution in [3.05, 3.63) is 12.2 Å². The molecule has 0 aromatic heterocycles. The lowest BCUT2D eigenvalue weighted by molar-refractivity contribution is -0.112. The van der Waals surface area contributed by atoms with Crippen LogP contribution in [0.25, 0.3) is 0 Å². The molecule has 13 heavy (non-hydrogen) atoms. The van der Waals surface area contributed by atoms with Crippen molar-refractivity contribution in [2.75, 3.05) is 19.7 Å². The average Bonchev–Trinajstić information content (AvgIpc) is 2.64. The molecule has 2 aliphatic rings. The number of allylic oxidation sites excluding steroid dienone is 1. The van der Waals surface area contributed by atoms with Crippen LogP contribution >= 0.6 is 0 Å². The van der Waals surface area contributed by atoms with Crippen LogP contribution in [0.1, 0.15) is 13.3 Å². The van der Waals surface area contributed by atoms with Crippen molar-refractivity contribution >= 4 is 5.78 Å². The van der Waals surface area contributed by atoms with E-state index < -0.39 is 0 Å². The Kier molecular flexibility index (Phi) is 2.47. The van der Waals surface area contributed by atoms with Crippen molar-refractivity contribution in [1.29, 1.82) is 0 Å². The number of ketones is 1. The normalized spacial score (nSPS) is 33.3. The van der Waals surface area contributed by atoms with Gasteiger partial charge in [0.15, 0.2) is 5.78 Å². The van der Waals surface area contributed by atoms with Crippen molar-refractivity contribution in [3.63, 3.8) is 0 Å². The molecule has 3 heteroatoms. The molecule has 2 bridgehead atoms. The number of hydrogen-bond acceptors (Lipinski definition) is 3. The average molecular weight is 181 g/mol. The highest BCUT2D eigenvalue weighted by molar-refractivity contribution is 5.87. The number of hydrogen-bond donors (Lipinski definition) is 0. The molecule has 0 aromatic carbocycles. The zero-order valence-corrected chi connectivity index (χ0v) is 7.90. The van der Waals surface area contributed by atoms with E-state index in [-0.39, 0.29) is 5.78 Å². The fourth-order valence-corrected chi connectivity index (χ4v) is 2.06. The Morgan fingerprint density at radius 1 is 1.69 bits per heavy atom. The molecule has 0 N–H and O–H groups in total. The van der Waals surface area contributed by atoms with E-state index in [0.717, 1.165) is 19.7 Å². The highest BCUT2D eigenvalue weighted by atomic mass is 16.5. The second-order valence-corrected chi connectivity index (χ2v) is 3.81. The van der Waals surface area contributed by atoms with Crippen molar-refractivity contribution in [3.8, 4) is 0 Å². The van der Waals surface area contributed by atoms with Crippen LogP contribution in [-0.2, 0) is 9.53 Å². The second-order valence-electron chi connectivity index (χ2n) is 3.81. The van der Waals surface area contributed by atoms with Crippen LogP contribution in [0.5, 0.6) is 0 Å². The van der Waals surface area contributed by atoms with Crippen LogP contribution in [0.4, 0.5) is 0 Å². The number of carbonyl (C=O) groups excluding carboxylic acids is 1. The molecule has 0 radical (unpaired) electrons. The standard InChI is InChI=1S/C10H15NO2/c1-8(12)3-2-4-11-6-10-5-9(11)7-13-10/h2-3,9-10H,4-7H2,1H3/b3-2+/t9-,10-/m1/s1. The molecule has 0 saturated carbocycles. The van der Waals surface area contributed by atoms with Crippen molar-refractivity contribution < 1.29 is 9.53 Å². The Bertz CT molecular complexity index is 237. The van der Waals surface area contributed by atoms with Crippen LogP contribution in [0.2, 0.25) is 0 Å². The number of nitrogens with zero attached hydrogens (tertiary/aromatic N) is 1. The lowest BCUT2D eigenvalue weighted by Gasteiger charge is -2.24. The smallest absolute Gasteiger partial charge is 0.152 e. The Hall–Kier alpha value is -0.670. The van der Waals surface area contributed by atoms with Gasteiger partial charge < -0.3 is 4.74 Å². The van der Waals surface area contributed by atoms with E-state index in [1.807, 2.05) is 6.08 Å². The number of fused-ring (bicyclic) bond motifs is 2. The van der Waals surface area contributed by atoms with Gasteiger partial charge in [-0.1, -0.05) is 6.08 Å². The van der Waals surface area contributed by atoms with Gasteiger partial charge in [-0.2, -0.15) is 0 Å². The molecule has 0 spiro atoms. The van der Waals surface area contributed by atoms with Gasteiger partial charge in [-0.15, -0.1) is 0 Å². The van der Waals surface area contributed by atoms with E-state index in [4.69, 9.17) is 4.74 Å². The summed E-state index contributed by atoms with van der Waals surface area (Å²) in [7, 11) is 0. The third-order valence-corrected chi connectivity index (χ3v) is 2.71. The van der Waals surface area contributed by atoms with Crippen LogP contribution in [-0.4, -0.2) is 42.5 Å². The summed E-state index contributed by atoms with van der Waals surface area (Å²) in [5.74, 6) is 0.126. The molecule has 0 aliphatic carbocycles. The summed E-state index contributed by atoms with van der Waals surface area (Å²) in [5.41, 5.74) is 0. The Balaban J connectivity index is 1.80. The zero-order valence-electron chi connectivity index (χ0n) is 7.90. The third kappa shape index (κ3) is 1.98. The van der Waals surface area contributed by atoms with Crippen LogP contribution in [0.15, 0.2) is 12.2 Å². The van der Waals surface area contributed by atoms with E-state index in [1.54, 1.807) is 13.0 Å².